The fraction of sp³-hybridized carbons (Fsp3) is 0.455. The SMILES string of the molecule is Cc1ccc(C(=O)N2CCC(=NO)CC2)o1. The van der Waals surface area contributed by atoms with Gasteiger partial charge >= 0.3 is 0 Å². The maximum absolute atomic E-state index is 11.9. The van der Waals surface area contributed by atoms with Crippen LogP contribution in [0.4, 0.5) is 0 Å². The Kier molecular flexibility index (Phi) is 2.94. The van der Waals surface area contributed by atoms with E-state index < -0.39 is 0 Å². The summed E-state index contributed by atoms with van der Waals surface area (Å²) in [5, 5.41) is 11.8. The molecule has 5 nitrogen and oxygen atoms in total. The molecule has 2 rings (SSSR count). The molecule has 0 aromatic carbocycles. The Hall–Kier alpha value is -1.78. The number of aryl methyl sites for hydroxylation is 1. The van der Waals surface area contributed by atoms with E-state index >= 15 is 0 Å². The molecule has 86 valence electrons. The Labute approximate surface area is 93.3 Å². The van der Waals surface area contributed by atoms with Gasteiger partial charge in [0, 0.05) is 25.9 Å². The number of rotatable bonds is 1. The Morgan fingerprint density at radius 1 is 1.44 bits per heavy atom. The van der Waals surface area contributed by atoms with Gasteiger partial charge in [-0.3, -0.25) is 4.79 Å². The number of amides is 1. The molecule has 0 aliphatic carbocycles. The van der Waals surface area contributed by atoms with Gasteiger partial charge in [0.05, 0.1) is 5.71 Å². The van der Waals surface area contributed by atoms with Gasteiger partial charge in [0.15, 0.2) is 5.76 Å². The number of carbonyl (C=O) groups is 1. The van der Waals surface area contributed by atoms with Crippen LogP contribution >= 0.6 is 0 Å². The van der Waals surface area contributed by atoms with Gasteiger partial charge in [0.25, 0.3) is 5.91 Å². The summed E-state index contributed by atoms with van der Waals surface area (Å²) in [4.78, 5) is 13.7. The summed E-state index contributed by atoms with van der Waals surface area (Å²) in [6.45, 7) is 2.97. The van der Waals surface area contributed by atoms with Gasteiger partial charge in [-0.25, -0.2) is 0 Å². The predicted octanol–water partition coefficient (Wildman–Crippen LogP) is 1.65. The molecule has 0 bridgehead atoms. The number of oxime groups is 1. The fourth-order valence-corrected chi connectivity index (χ4v) is 1.77. The number of hydrogen-bond donors (Lipinski definition) is 1. The Morgan fingerprint density at radius 3 is 2.62 bits per heavy atom. The molecule has 1 saturated heterocycles. The average Bonchev–Trinajstić information content (AvgIpc) is 2.75. The van der Waals surface area contributed by atoms with Gasteiger partial charge in [-0.1, -0.05) is 5.16 Å². The second kappa shape index (κ2) is 4.38. The Balaban J connectivity index is 2.02. The zero-order valence-electron chi connectivity index (χ0n) is 9.14. The molecular formula is C11H14N2O3. The third-order valence-corrected chi connectivity index (χ3v) is 2.72. The maximum Gasteiger partial charge on any atom is 0.289 e. The first-order valence-corrected chi connectivity index (χ1v) is 5.26. The molecule has 16 heavy (non-hydrogen) atoms. The van der Waals surface area contributed by atoms with Gasteiger partial charge in [-0.05, 0) is 19.1 Å². The van der Waals surface area contributed by atoms with Crippen LogP contribution < -0.4 is 0 Å². The third-order valence-electron chi connectivity index (χ3n) is 2.72. The first kappa shape index (κ1) is 10.7. The van der Waals surface area contributed by atoms with E-state index in [2.05, 4.69) is 5.16 Å². The lowest BCUT2D eigenvalue weighted by molar-refractivity contribution is 0.0720. The van der Waals surface area contributed by atoms with Crippen molar-refractivity contribution in [3.8, 4) is 0 Å². The quantitative estimate of drug-likeness (QED) is 0.580. The summed E-state index contributed by atoms with van der Waals surface area (Å²) in [5.41, 5.74) is 0.750. The standard InChI is InChI=1S/C11H14N2O3/c1-8-2-3-10(16-8)11(14)13-6-4-9(12-15)5-7-13/h2-3,15H,4-7H2,1H3. The lowest BCUT2D eigenvalue weighted by atomic mass is 10.1. The van der Waals surface area contributed by atoms with Crippen molar-refractivity contribution in [2.24, 2.45) is 5.16 Å². The van der Waals surface area contributed by atoms with E-state index in [1.54, 1.807) is 17.0 Å². The minimum atomic E-state index is -0.0925. The molecule has 2 heterocycles. The average molecular weight is 222 g/mol. The van der Waals surface area contributed by atoms with Crippen LogP contribution in [0.2, 0.25) is 0 Å². The van der Waals surface area contributed by atoms with Gasteiger partial charge in [-0.15, -0.1) is 0 Å². The van der Waals surface area contributed by atoms with Gasteiger partial charge in [0.1, 0.15) is 5.76 Å². The number of furan rings is 1. The third kappa shape index (κ3) is 2.08. The van der Waals surface area contributed by atoms with E-state index in [4.69, 9.17) is 9.62 Å². The van der Waals surface area contributed by atoms with E-state index in [1.165, 1.54) is 0 Å². The molecular weight excluding hydrogens is 208 g/mol. The van der Waals surface area contributed by atoms with Crippen LogP contribution in [-0.2, 0) is 0 Å². The van der Waals surface area contributed by atoms with Crippen LogP contribution in [0.1, 0.15) is 29.2 Å². The maximum atomic E-state index is 11.9. The zero-order valence-corrected chi connectivity index (χ0v) is 9.14. The van der Waals surface area contributed by atoms with Crippen LogP contribution in [0, 0.1) is 6.92 Å². The minimum Gasteiger partial charge on any atom is -0.456 e. The second-order valence-corrected chi connectivity index (χ2v) is 3.87. The molecule has 0 atom stereocenters. The molecule has 1 fully saturated rings. The lowest BCUT2D eigenvalue weighted by Crippen LogP contribution is -2.38. The molecule has 1 N–H and O–H groups in total. The first-order valence-electron chi connectivity index (χ1n) is 5.26. The Morgan fingerprint density at radius 2 is 2.12 bits per heavy atom. The molecule has 1 aromatic heterocycles. The highest BCUT2D eigenvalue weighted by Crippen LogP contribution is 2.14. The van der Waals surface area contributed by atoms with Crippen molar-refractivity contribution < 1.29 is 14.4 Å². The minimum absolute atomic E-state index is 0.0925. The van der Waals surface area contributed by atoms with E-state index in [0.717, 1.165) is 11.5 Å². The summed E-state index contributed by atoms with van der Waals surface area (Å²) >= 11 is 0. The number of nitrogens with zero attached hydrogens (tertiary/aromatic N) is 2. The number of likely N-dealkylation sites (tertiary alicyclic amines) is 1. The summed E-state index contributed by atoms with van der Waals surface area (Å²) < 4.78 is 5.28. The largest absolute Gasteiger partial charge is 0.456 e. The zero-order chi connectivity index (χ0) is 11.5. The van der Waals surface area contributed by atoms with Crippen LogP contribution in [0.5, 0.6) is 0 Å². The number of hydrogen-bond acceptors (Lipinski definition) is 4. The van der Waals surface area contributed by atoms with Crippen LogP contribution in [0.25, 0.3) is 0 Å². The first-order chi connectivity index (χ1) is 7.70. The lowest BCUT2D eigenvalue weighted by Gasteiger charge is -2.26. The molecule has 0 saturated carbocycles. The van der Waals surface area contributed by atoms with Crippen molar-refractivity contribution in [3.63, 3.8) is 0 Å². The Bertz CT molecular complexity index is 413. The predicted molar refractivity (Wildman–Crippen MR) is 57.8 cm³/mol. The molecule has 5 heteroatoms. The summed E-state index contributed by atoms with van der Waals surface area (Å²) in [5.74, 6) is 1.02. The highest BCUT2D eigenvalue weighted by Gasteiger charge is 2.23. The molecule has 1 aromatic rings. The van der Waals surface area contributed by atoms with Crippen LogP contribution in [-0.4, -0.2) is 34.8 Å². The van der Waals surface area contributed by atoms with E-state index in [9.17, 15) is 4.79 Å². The summed E-state index contributed by atoms with van der Waals surface area (Å²) in [6, 6.07) is 3.46. The second-order valence-electron chi connectivity index (χ2n) is 3.87. The molecule has 1 aliphatic heterocycles. The van der Waals surface area contributed by atoms with Gasteiger partial charge < -0.3 is 14.5 Å². The molecule has 1 aliphatic rings. The van der Waals surface area contributed by atoms with Crippen LogP contribution in [0.15, 0.2) is 21.7 Å². The van der Waals surface area contributed by atoms with Crippen molar-refractivity contribution >= 4 is 11.6 Å². The number of piperidine rings is 1. The van der Waals surface area contributed by atoms with Crippen molar-refractivity contribution in [2.75, 3.05) is 13.1 Å². The monoisotopic (exact) mass is 222 g/mol. The van der Waals surface area contributed by atoms with Gasteiger partial charge in [0.2, 0.25) is 0 Å². The van der Waals surface area contributed by atoms with Crippen molar-refractivity contribution in [1.29, 1.82) is 0 Å². The fourth-order valence-electron chi connectivity index (χ4n) is 1.77. The smallest absolute Gasteiger partial charge is 0.289 e. The normalized spacial score (nSPS) is 16.3. The summed E-state index contributed by atoms with van der Waals surface area (Å²) in [6.07, 6.45) is 1.25. The van der Waals surface area contributed by atoms with Gasteiger partial charge in [-0.2, -0.15) is 0 Å². The summed E-state index contributed by atoms with van der Waals surface area (Å²) in [7, 11) is 0. The molecule has 0 spiro atoms. The van der Waals surface area contributed by atoms with Crippen molar-refractivity contribution in [2.45, 2.75) is 19.8 Å². The van der Waals surface area contributed by atoms with E-state index in [1.807, 2.05) is 6.92 Å². The topological polar surface area (TPSA) is 66.0 Å². The molecule has 0 unspecified atom stereocenters. The van der Waals surface area contributed by atoms with E-state index in [0.29, 0.717) is 31.7 Å². The van der Waals surface area contributed by atoms with Crippen LogP contribution in [0.3, 0.4) is 0 Å². The van der Waals surface area contributed by atoms with E-state index in [-0.39, 0.29) is 5.91 Å². The highest BCUT2D eigenvalue weighted by molar-refractivity contribution is 5.93. The molecule has 0 radical (unpaired) electrons. The molecule has 1 amide bonds. The number of carbonyl (C=O) groups excluding carboxylic acids is 1. The van der Waals surface area contributed by atoms with Crippen molar-refractivity contribution in [1.82, 2.24) is 4.90 Å². The van der Waals surface area contributed by atoms with Crippen molar-refractivity contribution in [3.05, 3.63) is 23.7 Å². The highest BCUT2D eigenvalue weighted by atomic mass is 16.4.